The Balaban J connectivity index is 1.84. The number of halogens is 1. The molecule has 2 heterocycles. The number of aliphatic hydroxyl groups is 1. The van der Waals surface area contributed by atoms with Gasteiger partial charge in [-0.15, -0.1) is 0 Å². The van der Waals surface area contributed by atoms with Crippen LogP contribution in [0.5, 0.6) is 5.75 Å². The van der Waals surface area contributed by atoms with Gasteiger partial charge in [-0.2, -0.15) is 0 Å². The molecular weight excluding hydrogens is 426 g/mol. The monoisotopic (exact) mass is 449 g/mol. The Labute approximate surface area is 181 Å². The van der Waals surface area contributed by atoms with Gasteiger partial charge in [0.05, 0.1) is 15.8 Å². The first-order chi connectivity index (χ1) is 14.0. The van der Waals surface area contributed by atoms with E-state index in [4.69, 9.17) is 16.3 Å². The number of ether oxygens (including phenoxy) is 1. The molecule has 0 aromatic heterocycles. The van der Waals surface area contributed by atoms with Crippen LogP contribution in [0.1, 0.15) is 43.9 Å². The summed E-state index contributed by atoms with van der Waals surface area (Å²) < 4.78 is 32.5. The van der Waals surface area contributed by atoms with Gasteiger partial charge in [0.15, 0.2) is 0 Å². The maximum Gasteiger partial charge on any atom is 0.223 e. The van der Waals surface area contributed by atoms with Crippen LogP contribution in [-0.4, -0.2) is 42.6 Å². The lowest BCUT2D eigenvalue weighted by molar-refractivity contribution is -0.139. The van der Waals surface area contributed by atoms with Crippen LogP contribution in [0.3, 0.4) is 0 Å². The standard InChI is InChI=1S/C22H24ClNO5S/c1-13-11-14(6-8-17(13)23)30(27,28)15-7-9-18-16(12-15)20(21(26)22(2,3)29-18)24-10-4-5-19(24)25/h6-9,11-12,20-21,26H,4-5,10H2,1-3H3/t20-,21+/m0/s1. The number of aryl methyl sites for hydroxylation is 1. The van der Waals surface area contributed by atoms with Crippen molar-refractivity contribution in [3.8, 4) is 5.75 Å². The molecule has 2 aliphatic heterocycles. The number of hydrogen-bond donors (Lipinski definition) is 1. The molecule has 2 atom stereocenters. The number of hydrogen-bond acceptors (Lipinski definition) is 5. The molecule has 2 aromatic rings. The van der Waals surface area contributed by atoms with E-state index in [1.165, 1.54) is 24.3 Å². The SMILES string of the molecule is Cc1cc(S(=O)(=O)c2ccc3c(c2)[C@H](N2CCCC2=O)[C@@H](O)C(C)(C)O3)ccc1Cl. The lowest BCUT2D eigenvalue weighted by atomic mass is 9.85. The lowest BCUT2D eigenvalue weighted by Crippen LogP contribution is -2.53. The van der Waals surface area contributed by atoms with E-state index in [1.807, 2.05) is 0 Å². The molecule has 1 fully saturated rings. The van der Waals surface area contributed by atoms with E-state index in [-0.39, 0.29) is 15.7 Å². The van der Waals surface area contributed by atoms with Gasteiger partial charge in [0.25, 0.3) is 0 Å². The molecule has 0 radical (unpaired) electrons. The Bertz CT molecular complexity index is 1130. The van der Waals surface area contributed by atoms with Crippen molar-refractivity contribution in [1.29, 1.82) is 0 Å². The van der Waals surface area contributed by atoms with Gasteiger partial charge >= 0.3 is 0 Å². The van der Waals surface area contributed by atoms with Crippen molar-refractivity contribution in [2.24, 2.45) is 0 Å². The highest BCUT2D eigenvalue weighted by Gasteiger charge is 2.47. The second-order valence-corrected chi connectivity index (χ2v) is 10.8. The number of sulfone groups is 1. The van der Waals surface area contributed by atoms with E-state index in [2.05, 4.69) is 0 Å². The van der Waals surface area contributed by atoms with Crippen molar-refractivity contribution in [2.75, 3.05) is 6.54 Å². The Morgan fingerprint density at radius 2 is 1.83 bits per heavy atom. The molecule has 0 bridgehead atoms. The van der Waals surface area contributed by atoms with E-state index < -0.39 is 27.6 Å². The predicted octanol–water partition coefficient (Wildman–Crippen LogP) is 3.68. The van der Waals surface area contributed by atoms with Crippen LogP contribution in [0.2, 0.25) is 5.02 Å². The summed E-state index contributed by atoms with van der Waals surface area (Å²) in [6.07, 6.45) is 0.130. The third-order valence-electron chi connectivity index (χ3n) is 5.88. The van der Waals surface area contributed by atoms with Gasteiger partial charge in [0.1, 0.15) is 17.5 Å². The van der Waals surface area contributed by atoms with Gasteiger partial charge in [0, 0.05) is 23.6 Å². The molecule has 2 aromatic carbocycles. The van der Waals surface area contributed by atoms with Gasteiger partial charge in [0.2, 0.25) is 15.7 Å². The molecular formula is C22H24ClNO5S. The van der Waals surface area contributed by atoms with Gasteiger partial charge in [-0.25, -0.2) is 8.42 Å². The van der Waals surface area contributed by atoms with Crippen LogP contribution >= 0.6 is 11.6 Å². The number of carbonyl (C=O) groups is 1. The van der Waals surface area contributed by atoms with Crippen LogP contribution in [0.4, 0.5) is 0 Å². The third-order valence-corrected chi connectivity index (χ3v) is 8.05. The molecule has 160 valence electrons. The zero-order chi connectivity index (χ0) is 21.8. The molecule has 0 saturated carbocycles. The minimum Gasteiger partial charge on any atom is -0.485 e. The zero-order valence-electron chi connectivity index (χ0n) is 17.1. The fourth-order valence-corrected chi connectivity index (χ4v) is 5.63. The van der Waals surface area contributed by atoms with Crippen LogP contribution in [0.25, 0.3) is 0 Å². The number of likely N-dealkylation sites (tertiary alicyclic amines) is 1. The van der Waals surface area contributed by atoms with Crippen LogP contribution in [-0.2, 0) is 14.6 Å². The first-order valence-corrected chi connectivity index (χ1v) is 11.7. The first-order valence-electron chi connectivity index (χ1n) is 9.84. The first kappa shape index (κ1) is 21.2. The molecule has 2 aliphatic rings. The second-order valence-electron chi connectivity index (χ2n) is 8.40. The second kappa shape index (κ2) is 7.25. The average Bonchev–Trinajstić information content (AvgIpc) is 3.10. The Hall–Kier alpha value is -2.09. The van der Waals surface area contributed by atoms with Crippen molar-refractivity contribution in [1.82, 2.24) is 4.90 Å². The highest BCUT2D eigenvalue weighted by atomic mass is 35.5. The van der Waals surface area contributed by atoms with Gasteiger partial charge in [-0.3, -0.25) is 4.79 Å². The number of fused-ring (bicyclic) bond motifs is 1. The maximum absolute atomic E-state index is 13.3. The summed E-state index contributed by atoms with van der Waals surface area (Å²) in [5.74, 6) is 0.422. The predicted molar refractivity (Wildman–Crippen MR) is 112 cm³/mol. The largest absolute Gasteiger partial charge is 0.485 e. The van der Waals surface area contributed by atoms with Crippen molar-refractivity contribution in [3.05, 3.63) is 52.5 Å². The number of carbonyl (C=O) groups excluding carboxylic acids is 1. The Morgan fingerprint density at radius 1 is 1.17 bits per heavy atom. The molecule has 1 N–H and O–H groups in total. The van der Waals surface area contributed by atoms with Gasteiger partial charge in [-0.1, -0.05) is 11.6 Å². The minimum atomic E-state index is -3.82. The lowest BCUT2D eigenvalue weighted by Gasteiger charge is -2.45. The topological polar surface area (TPSA) is 83.9 Å². The van der Waals surface area contributed by atoms with Crippen molar-refractivity contribution in [3.63, 3.8) is 0 Å². The average molecular weight is 450 g/mol. The van der Waals surface area contributed by atoms with Crippen molar-refractivity contribution < 1.29 is 23.1 Å². The number of rotatable bonds is 3. The maximum atomic E-state index is 13.3. The molecule has 6 nitrogen and oxygen atoms in total. The van der Waals surface area contributed by atoms with E-state index >= 15 is 0 Å². The normalized spacial score (nSPS) is 23.2. The number of aliphatic hydroxyl groups excluding tert-OH is 1. The molecule has 1 amide bonds. The van der Waals surface area contributed by atoms with E-state index in [0.717, 1.165) is 0 Å². The van der Waals surface area contributed by atoms with Gasteiger partial charge in [-0.05, 0) is 69.2 Å². The summed E-state index contributed by atoms with van der Waals surface area (Å²) in [5, 5.41) is 11.5. The fraction of sp³-hybridized carbons (Fsp3) is 0.409. The molecule has 0 aliphatic carbocycles. The summed E-state index contributed by atoms with van der Waals surface area (Å²) in [5.41, 5.74) is 0.245. The Kier molecular flexibility index (Phi) is 5.11. The third kappa shape index (κ3) is 3.39. The highest BCUT2D eigenvalue weighted by molar-refractivity contribution is 7.91. The van der Waals surface area contributed by atoms with Crippen LogP contribution in [0, 0.1) is 6.92 Å². The number of benzene rings is 2. The highest BCUT2D eigenvalue weighted by Crippen LogP contribution is 2.45. The minimum absolute atomic E-state index is 0.0516. The smallest absolute Gasteiger partial charge is 0.223 e. The van der Waals surface area contributed by atoms with Crippen molar-refractivity contribution >= 4 is 27.3 Å². The van der Waals surface area contributed by atoms with E-state index in [1.54, 1.807) is 37.8 Å². The zero-order valence-corrected chi connectivity index (χ0v) is 18.6. The summed E-state index contributed by atoms with van der Waals surface area (Å²) in [4.78, 5) is 14.3. The number of amides is 1. The summed E-state index contributed by atoms with van der Waals surface area (Å²) in [7, 11) is -3.82. The van der Waals surface area contributed by atoms with Crippen molar-refractivity contribution in [2.45, 2.75) is 61.2 Å². The summed E-state index contributed by atoms with van der Waals surface area (Å²) >= 11 is 6.04. The molecule has 0 spiro atoms. The van der Waals surface area contributed by atoms with E-state index in [0.29, 0.717) is 41.3 Å². The van der Waals surface area contributed by atoms with Gasteiger partial charge < -0.3 is 14.7 Å². The summed E-state index contributed by atoms with van der Waals surface area (Å²) in [6, 6.07) is 8.52. The quantitative estimate of drug-likeness (QED) is 0.772. The Morgan fingerprint density at radius 3 is 2.47 bits per heavy atom. The fourth-order valence-electron chi connectivity index (χ4n) is 4.13. The summed E-state index contributed by atoms with van der Waals surface area (Å²) in [6.45, 7) is 5.78. The van der Waals surface area contributed by atoms with E-state index in [9.17, 15) is 18.3 Å². The molecule has 1 saturated heterocycles. The molecule has 30 heavy (non-hydrogen) atoms. The molecule has 4 rings (SSSR count). The molecule has 0 unspecified atom stereocenters. The van der Waals surface area contributed by atoms with Crippen LogP contribution in [0.15, 0.2) is 46.2 Å². The van der Waals surface area contributed by atoms with Crippen LogP contribution < -0.4 is 4.74 Å². The number of nitrogens with zero attached hydrogens (tertiary/aromatic N) is 1. The molecule has 8 heteroatoms.